The summed E-state index contributed by atoms with van der Waals surface area (Å²) in [6.07, 6.45) is 0. The summed E-state index contributed by atoms with van der Waals surface area (Å²) in [6.45, 7) is 3.72. The molecule has 3 rings (SSSR count). The van der Waals surface area contributed by atoms with E-state index in [1.807, 2.05) is 32.0 Å². The van der Waals surface area contributed by atoms with E-state index in [0.29, 0.717) is 11.5 Å². The van der Waals surface area contributed by atoms with Crippen molar-refractivity contribution in [3.05, 3.63) is 71.9 Å². The summed E-state index contributed by atoms with van der Waals surface area (Å²) < 4.78 is 27.4. The number of hydrogen-bond donors (Lipinski definition) is 2. The predicted octanol–water partition coefficient (Wildman–Crippen LogP) is 3.64. The van der Waals surface area contributed by atoms with Gasteiger partial charge in [-0.25, -0.2) is 8.42 Å². The fraction of sp³-hybridized carbons (Fsp3) is 0.111. The Bertz CT molecular complexity index is 969. The summed E-state index contributed by atoms with van der Waals surface area (Å²) in [5.74, 6) is 0.624. The van der Waals surface area contributed by atoms with Crippen LogP contribution in [0.5, 0.6) is 0 Å². The van der Waals surface area contributed by atoms with Gasteiger partial charge in [-0.1, -0.05) is 12.1 Å². The number of aryl methyl sites for hydroxylation is 2. The Morgan fingerprint density at radius 1 is 0.840 bits per heavy atom. The van der Waals surface area contributed by atoms with Crippen LogP contribution in [0.1, 0.15) is 11.3 Å². The second-order valence-electron chi connectivity index (χ2n) is 5.68. The molecule has 128 valence electrons. The predicted molar refractivity (Wildman–Crippen MR) is 98.5 cm³/mol. The van der Waals surface area contributed by atoms with Gasteiger partial charge in [-0.05, 0) is 67.9 Å². The van der Waals surface area contributed by atoms with E-state index in [1.165, 1.54) is 0 Å². The Labute approximate surface area is 147 Å². The van der Waals surface area contributed by atoms with E-state index < -0.39 is 10.0 Å². The Morgan fingerprint density at radius 2 is 1.56 bits per heavy atom. The Kier molecular flexibility index (Phi) is 4.67. The molecule has 0 aliphatic carbocycles. The molecule has 1 aromatic heterocycles. The normalized spacial score (nSPS) is 11.1. The second kappa shape index (κ2) is 6.90. The molecule has 0 saturated carbocycles. The van der Waals surface area contributed by atoms with Gasteiger partial charge in [-0.2, -0.15) is 5.10 Å². The molecule has 0 spiro atoms. The smallest absolute Gasteiger partial charge is 0.261 e. The first-order chi connectivity index (χ1) is 11.9. The lowest BCUT2D eigenvalue weighted by atomic mass is 10.2. The zero-order valence-corrected chi connectivity index (χ0v) is 14.7. The molecule has 0 aliphatic heterocycles. The first-order valence-electron chi connectivity index (χ1n) is 7.69. The Balaban J connectivity index is 1.73. The van der Waals surface area contributed by atoms with Gasteiger partial charge in [-0.15, -0.1) is 5.10 Å². The van der Waals surface area contributed by atoms with E-state index in [-0.39, 0.29) is 4.90 Å². The van der Waals surface area contributed by atoms with E-state index in [4.69, 9.17) is 0 Å². The summed E-state index contributed by atoms with van der Waals surface area (Å²) in [5.41, 5.74) is 3.01. The van der Waals surface area contributed by atoms with E-state index in [2.05, 4.69) is 20.2 Å². The van der Waals surface area contributed by atoms with Gasteiger partial charge in [0.05, 0.1) is 10.6 Å². The fourth-order valence-corrected chi connectivity index (χ4v) is 3.39. The van der Waals surface area contributed by atoms with Gasteiger partial charge >= 0.3 is 0 Å². The number of nitrogens with zero attached hydrogens (tertiary/aromatic N) is 2. The van der Waals surface area contributed by atoms with Crippen LogP contribution in [0.15, 0.2) is 65.6 Å². The third-order valence-corrected chi connectivity index (χ3v) is 4.89. The van der Waals surface area contributed by atoms with Gasteiger partial charge in [0.25, 0.3) is 10.0 Å². The second-order valence-corrected chi connectivity index (χ2v) is 7.37. The fourth-order valence-electron chi connectivity index (χ4n) is 2.23. The van der Waals surface area contributed by atoms with Gasteiger partial charge in [0.15, 0.2) is 5.82 Å². The molecule has 25 heavy (non-hydrogen) atoms. The highest BCUT2D eigenvalue weighted by molar-refractivity contribution is 7.92. The van der Waals surface area contributed by atoms with Gasteiger partial charge in [-0.3, -0.25) is 4.72 Å². The topological polar surface area (TPSA) is 84.0 Å². The van der Waals surface area contributed by atoms with Crippen LogP contribution in [0.3, 0.4) is 0 Å². The molecule has 7 heteroatoms. The average molecular weight is 354 g/mol. The van der Waals surface area contributed by atoms with Gasteiger partial charge in [0.2, 0.25) is 0 Å². The first-order valence-corrected chi connectivity index (χ1v) is 9.18. The zero-order chi connectivity index (χ0) is 17.9. The standard InChI is InChI=1S/C18H18N4O2S/c1-13-4-3-5-17(12-13)25(23,24)22-16-9-7-15(8-10-16)19-18-11-6-14(2)20-21-18/h3-12,22H,1-2H3,(H,19,21). The van der Waals surface area contributed by atoms with Crippen molar-refractivity contribution in [3.8, 4) is 0 Å². The molecule has 2 N–H and O–H groups in total. The van der Waals surface area contributed by atoms with Crippen molar-refractivity contribution < 1.29 is 8.42 Å². The number of aromatic nitrogens is 2. The molecule has 2 aromatic carbocycles. The Morgan fingerprint density at radius 3 is 2.20 bits per heavy atom. The van der Waals surface area contributed by atoms with Crippen molar-refractivity contribution in [2.75, 3.05) is 10.0 Å². The third kappa shape index (κ3) is 4.33. The quantitative estimate of drug-likeness (QED) is 0.731. The summed E-state index contributed by atoms with van der Waals surface area (Å²) in [5, 5.41) is 11.1. The van der Waals surface area contributed by atoms with Crippen LogP contribution in [0, 0.1) is 13.8 Å². The van der Waals surface area contributed by atoms with E-state index >= 15 is 0 Å². The van der Waals surface area contributed by atoms with Crippen LogP contribution in [0.2, 0.25) is 0 Å². The number of anilines is 3. The lowest BCUT2D eigenvalue weighted by Crippen LogP contribution is -2.13. The number of sulfonamides is 1. The first kappa shape index (κ1) is 16.9. The lowest BCUT2D eigenvalue weighted by molar-refractivity contribution is 0.601. The minimum Gasteiger partial charge on any atom is -0.339 e. The van der Waals surface area contributed by atoms with Crippen molar-refractivity contribution in [1.29, 1.82) is 0 Å². The molecule has 0 amide bonds. The molecule has 0 fully saturated rings. The van der Waals surface area contributed by atoms with Gasteiger partial charge < -0.3 is 5.32 Å². The van der Waals surface area contributed by atoms with Crippen LogP contribution in [0.4, 0.5) is 17.2 Å². The van der Waals surface area contributed by atoms with Crippen molar-refractivity contribution in [3.63, 3.8) is 0 Å². The maximum atomic E-state index is 12.4. The molecule has 0 bridgehead atoms. The minimum atomic E-state index is -3.61. The number of hydrogen-bond acceptors (Lipinski definition) is 5. The largest absolute Gasteiger partial charge is 0.339 e. The summed E-state index contributed by atoms with van der Waals surface area (Å²) in [6, 6.07) is 17.4. The highest BCUT2D eigenvalue weighted by Gasteiger charge is 2.14. The maximum absolute atomic E-state index is 12.4. The highest BCUT2D eigenvalue weighted by atomic mass is 32.2. The Hall–Kier alpha value is -2.93. The minimum absolute atomic E-state index is 0.240. The lowest BCUT2D eigenvalue weighted by Gasteiger charge is -2.10. The maximum Gasteiger partial charge on any atom is 0.261 e. The van der Waals surface area contributed by atoms with Crippen molar-refractivity contribution in [1.82, 2.24) is 10.2 Å². The van der Waals surface area contributed by atoms with E-state index in [1.54, 1.807) is 42.5 Å². The average Bonchev–Trinajstić information content (AvgIpc) is 2.58. The van der Waals surface area contributed by atoms with Crippen molar-refractivity contribution in [2.24, 2.45) is 0 Å². The summed E-state index contributed by atoms with van der Waals surface area (Å²) >= 11 is 0. The van der Waals surface area contributed by atoms with Crippen LogP contribution in [-0.2, 0) is 10.0 Å². The third-order valence-electron chi connectivity index (χ3n) is 3.51. The molecular weight excluding hydrogens is 336 g/mol. The number of benzene rings is 2. The van der Waals surface area contributed by atoms with Crippen LogP contribution in [0.25, 0.3) is 0 Å². The zero-order valence-electron chi connectivity index (χ0n) is 13.9. The van der Waals surface area contributed by atoms with E-state index in [0.717, 1.165) is 16.9 Å². The number of rotatable bonds is 5. The van der Waals surface area contributed by atoms with Crippen molar-refractivity contribution >= 4 is 27.2 Å². The van der Waals surface area contributed by atoms with E-state index in [9.17, 15) is 8.42 Å². The molecule has 3 aromatic rings. The molecule has 0 saturated heterocycles. The molecule has 1 heterocycles. The SMILES string of the molecule is Cc1cccc(S(=O)(=O)Nc2ccc(Nc3ccc(C)nn3)cc2)c1. The molecular formula is C18H18N4O2S. The van der Waals surface area contributed by atoms with Gasteiger partial charge in [0.1, 0.15) is 0 Å². The van der Waals surface area contributed by atoms with Gasteiger partial charge in [0, 0.05) is 11.4 Å². The van der Waals surface area contributed by atoms with Crippen molar-refractivity contribution in [2.45, 2.75) is 18.7 Å². The van der Waals surface area contributed by atoms with Crippen LogP contribution in [-0.4, -0.2) is 18.6 Å². The summed E-state index contributed by atoms with van der Waals surface area (Å²) in [7, 11) is -3.61. The highest BCUT2D eigenvalue weighted by Crippen LogP contribution is 2.20. The molecule has 0 unspecified atom stereocenters. The molecule has 0 atom stereocenters. The number of nitrogens with one attached hydrogen (secondary N) is 2. The monoisotopic (exact) mass is 354 g/mol. The molecule has 0 aliphatic rings. The van der Waals surface area contributed by atoms with Crippen LogP contribution >= 0.6 is 0 Å². The molecule has 0 radical (unpaired) electrons. The molecule has 6 nitrogen and oxygen atoms in total. The van der Waals surface area contributed by atoms with Crippen LogP contribution < -0.4 is 10.0 Å². The summed E-state index contributed by atoms with van der Waals surface area (Å²) in [4.78, 5) is 0.240.